The molecule has 0 heterocycles. The molecule has 4 nitrogen and oxygen atoms in total. The monoisotopic (exact) mass is 251 g/mol. The Morgan fingerprint density at radius 3 is 2.44 bits per heavy atom. The van der Waals surface area contributed by atoms with Crippen molar-refractivity contribution in [3.05, 3.63) is 29.3 Å². The third-order valence-corrected chi connectivity index (χ3v) is 3.17. The lowest BCUT2D eigenvalue weighted by Gasteiger charge is -2.13. The summed E-state index contributed by atoms with van der Waals surface area (Å²) in [4.78, 5) is -0.632. The lowest BCUT2D eigenvalue weighted by atomic mass is 10.1. The minimum absolute atomic E-state index is 0.620. The van der Waals surface area contributed by atoms with Crippen LogP contribution in [0.25, 0.3) is 0 Å². The van der Waals surface area contributed by atoms with Gasteiger partial charge >= 0.3 is 0 Å². The predicted octanol–water partition coefficient (Wildman–Crippen LogP) is 0.360. The number of sulfone groups is 1. The van der Waals surface area contributed by atoms with Gasteiger partial charge in [-0.25, -0.2) is 17.2 Å². The molecule has 1 atom stereocenters. The Morgan fingerprint density at radius 1 is 1.44 bits per heavy atom. The van der Waals surface area contributed by atoms with Gasteiger partial charge in [-0.3, -0.25) is 0 Å². The molecule has 0 aliphatic carbocycles. The summed E-state index contributed by atoms with van der Waals surface area (Å²) in [6.45, 7) is -0.680. The van der Waals surface area contributed by atoms with E-state index >= 15 is 0 Å². The summed E-state index contributed by atoms with van der Waals surface area (Å²) in [7, 11) is -3.79. The number of aliphatic hydroxyl groups is 1. The van der Waals surface area contributed by atoms with Crippen LogP contribution in [0.2, 0.25) is 0 Å². The SMILES string of the molecule is CS(=O)(=O)c1ccc(F)c(C(N)CO)c1F. The largest absolute Gasteiger partial charge is 0.394 e. The van der Waals surface area contributed by atoms with Crippen molar-refractivity contribution in [3.63, 3.8) is 0 Å². The van der Waals surface area contributed by atoms with Crippen molar-refractivity contribution in [3.8, 4) is 0 Å². The molecule has 0 saturated heterocycles. The zero-order valence-corrected chi connectivity index (χ0v) is 9.26. The standard InChI is InChI=1S/C9H11F2NO3S/c1-16(14,15)7-3-2-5(10)8(9(7)11)6(12)4-13/h2-3,6,13H,4,12H2,1H3. The number of hydrogen-bond donors (Lipinski definition) is 2. The average molecular weight is 251 g/mol. The van der Waals surface area contributed by atoms with Crippen LogP contribution in [-0.2, 0) is 9.84 Å². The van der Waals surface area contributed by atoms with E-state index in [0.29, 0.717) is 0 Å². The molecule has 0 aliphatic heterocycles. The maximum absolute atomic E-state index is 13.7. The molecule has 3 N–H and O–H groups in total. The Hall–Kier alpha value is -1.05. The summed E-state index contributed by atoms with van der Waals surface area (Å²) in [5.74, 6) is -2.23. The molecule has 1 rings (SSSR count). The Balaban J connectivity index is 3.51. The Morgan fingerprint density at radius 2 is 2.00 bits per heavy atom. The number of hydrogen-bond acceptors (Lipinski definition) is 4. The first-order chi connectivity index (χ1) is 7.29. The molecule has 0 amide bonds. The van der Waals surface area contributed by atoms with Crippen molar-refractivity contribution in [2.24, 2.45) is 5.73 Å². The van der Waals surface area contributed by atoms with Gasteiger partial charge in [-0.15, -0.1) is 0 Å². The van der Waals surface area contributed by atoms with Crippen molar-refractivity contribution in [1.82, 2.24) is 0 Å². The minimum Gasteiger partial charge on any atom is -0.394 e. The second kappa shape index (κ2) is 4.44. The second-order valence-electron chi connectivity index (χ2n) is 3.33. The average Bonchev–Trinajstić information content (AvgIpc) is 2.15. The van der Waals surface area contributed by atoms with Crippen LogP contribution in [0.5, 0.6) is 0 Å². The van der Waals surface area contributed by atoms with Crippen LogP contribution in [-0.4, -0.2) is 26.4 Å². The van der Waals surface area contributed by atoms with Crippen LogP contribution < -0.4 is 5.73 Å². The highest BCUT2D eigenvalue weighted by atomic mass is 32.2. The summed E-state index contributed by atoms with van der Waals surface area (Å²) in [5.41, 5.74) is 4.66. The highest BCUT2D eigenvalue weighted by Gasteiger charge is 2.23. The van der Waals surface area contributed by atoms with Gasteiger partial charge in [0.25, 0.3) is 0 Å². The Labute approximate surface area is 91.6 Å². The summed E-state index contributed by atoms with van der Waals surface area (Å²) in [5, 5.41) is 8.72. The third-order valence-electron chi connectivity index (χ3n) is 2.06. The third kappa shape index (κ3) is 2.37. The molecule has 0 radical (unpaired) electrons. The van der Waals surface area contributed by atoms with Gasteiger partial charge in [0.2, 0.25) is 0 Å². The highest BCUT2D eigenvalue weighted by molar-refractivity contribution is 7.90. The van der Waals surface area contributed by atoms with Crippen molar-refractivity contribution >= 4 is 9.84 Å². The highest BCUT2D eigenvalue weighted by Crippen LogP contribution is 2.24. The molecule has 16 heavy (non-hydrogen) atoms. The van der Waals surface area contributed by atoms with Gasteiger partial charge in [-0.05, 0) is 12.1 Å². The normalized spacial score (nSPS) is 13.8. The van der Waals surface area contributed by atoms with E-state index in [2.05, 4.69) is 0 Å². The van der Waals surface area contributed by atoms with E-state index in [1.54, 1.807) is 0 Å². The molecule has 1 aromatic rings. The van der Waals surface area contributed by atoms with Crippen LogP contribution in [0, 0.1) is 11.6 Å². The zero-order chi connectivity index (χ0) is 12.5. The van der Waals surface area contributed by atoms with E-state index < -0.39 is 44.6 Å². The summed E-state index contributed by atoms with van der Waals surface area (Å²) in [6.07, 6.45) is 0.803. The van der Waals surface area contributed by atoms with E-state index in [4.69, 9.17) is 10.8 Å². The number of halogens is 2. The van der Waals surface area contributed by atoms with E-state index in [9.17, 15) is 17.2 Å². The molecular weight excluding hydrogens is 240 g/mol. The molecule has 1 aromatic carbocycles. The minimum atomic E-state index is -3.79. The summed E-state index contributed by atoms with van der Waals surface area (Å²) in [6, 6.07) is 0.347. The number of rotatable bonds is 3. The van der Waals surface area contributed by atoms with Crippen LogP contribution in [0.1, 0.15) is 11.6 Å². The molecule has 7 heteroatoms. The van der Waals surface area contributed by atoms with Gasteiger partial charge in [-0.2, -0.15) is 0 Å². The number of aliphatic hydroxyl groups excluding tert-OH is 1. The van der Waals surface area contributed by atoms with Crippen LogP contribution in [0.3, 0.4) is 0 Å². The molecule has 90 valence electrons. The quantitative estimate of drug-likeness (QED) is 0.760. The fourth-order valence-electron chi connectivity index (χ4n) is 1.27. The first-order valence-corrected chi connectivity index (χ1v) is 6.22. The van der Waals surface area contributed by atoms with Gasteiger partial charge in [0.1, 0.15) is 16.5 Å². The maximum atomic E-state index is 13.7. The molecule has 0 aromatic heterocycles. The summed E-state index contributed by atoms with van der Waals surface area (Å²) >= 11 is 0. The van der Waals surface area contributed by atoms with Gasteiger partial charge in [-0.1, -0.05) is 0 Å². The van der Waals surface area contributed by atoms with Crippen molar-refractivity contribution in [2.45, 2.75) is 10.9 Å². The van der Waals surface area contributed by atoms with Crippen LogP contribution in [0.4, 0.5) is 8.78 Å². The van der Waals surface area contributed by atoms with Crippen molar-refractivity contribution < 1.29 is 22.3 Å². The van der Waals surface area contributed by atoms with Gasteiger partial charge in [0, 0.05) is 11.8 Å². The van der Waals surface area contributed by atoms with Gasteiger partial charge in [0.05, 0.1) is 12.6 Å². The number of nitrogens with two attached hydrogens (primary N) is 1. The zero-order valence-electron chi connectivity index (χ0n) is 8.44. The second-order valence-corrected chi connectivity index (χ2v) is 5.32. The van der Waals surface area contributed by atoms with E-state index in [1.165, 1.54) is 0 Å². The molecule has 0 bridgehead atoms. The first-order valence-electron chi connectivity index (χ1n) is 4.33. The Bertz CT molecular complexity index is 502. The molecular formula is C9H11F2NO3S. The molecule has 0 fully saturated rings. The fraction of sp³-hybridized carbons (Fsp3) is 0.333. The number of benzene rings is 1. The maximum Gasteiger partial charge on any atom is 0.178 e. The lowest BCUT2D eigenvalue weighted by Crippen LogP contribution is -2.19. The van der Waals surface area contributed by atoms with Crippen molar-refractivity contribution in [1.29, 1.82) is 0 Å². The molecule has 0 saturated carbocycles. The predicted molar refractivity (Wildman–Crippen MR) is 53.5 cm³/mol. The molecule has 1 unspecified atom stereocenters. The summed E-state index contributed by atoms with van der Waals surface area (Å²) < 4.78 is 49.2. The van der Waals surface area contributed by atoms with Gasteiger partial charge < -0.3 is 10.8 Å². The lowest BCUT2D eigenvalue weighted by molar-refractivity contribution is 0.261. The van der Waals surface area contributed by atoms with Crippen molar-refractivity contribution in [2.75, 3.05) is 12.9 Å². The smallest absolute Gasteiger partial charge is 0.178 e. The topological polar surface area (TPSA) is 80.4 Å². The molecule has 0 spiro atoms. The van der Waals surface area contributed by atoms with E-state index in [1.807, 2.05) is 0 Å². The van der Waals surface area contributed by atoms with E-state index in [0.717, 1.165) is 18.4 Å². The Kier molecular flexibility index (Phi) is 3.61. The first kappa shape index (κ1) is 13.0. The van der Waals surface area contributed by atoms with E-state index in [-0.39, 0.29) is 0 Å². The van der Waals surface area contributed by atoms with Crippen LogP contribution >= 0.6 is 0 Å². The van der Waals surface area contributed by atoms with Gasteiger partial charge in [0.15, 0.2) is 9.84 Å². The van der Waals surface area contributed by atoms with Crippen LogP contribution in [0.15, 0.2) is 17.0 Å². The fourth-order valence-corrected chi connectivity index (χ4v) is 2.02. The molecule has 0 aliphatic rings.